The Bertz CT molecular complexity index is 330. The first-order valence-corrected chi connectivity index (χ1v) is 10.7. The van der Waals surface area contributed by atoms with Crippen LogP contribution in [-0.4, -0.2) is 18.7 Å². The lowest BCUT2D eigenvalue weighted by molar-refractivity contribution is -0.241. The summed E-state index contributed by atoms with van der Waals surface area (Å²) >= 11 is 0. The Morgan fingerprint density at radius 2 is 0.962 bits per heavy atom. The Kier molecular flexibility index (Phi) is 19.1. The van der Waals surface area contributed by atoms with Gasteiger partial charge in [-0.3, -0.25) is 0 Å². The molecular weight excluding hydrogens is 332 g/mol. The van der Waals surface area contributed by atoms with Crippen LogP contribution in [-0.2, 0) is 19.3 Å². The molecule has 5 heteroatoms. The third-order valence-corrected chi connectivity index (χ3v) is 4.44. The third-order valence-electron chi connectivity index (χ3n) is 4.44. The lowest BCUT2D eigenvalue weighted by Crippen LogP contribution is -2.11. The van der Waals surface area contributed by atoms with Crippen molar-refractivity contribution in [1.29, 1.82) is 0 Å². The van der Waals surface area contributed by atoms with Crippen LogP contribution in [0, 0.1) is 0 Å². The molecule has 0 amide bonds. The summed E-state index contributed by atoms with van der Waals surface area (Å²) in [4.78, 5) is 29.6. The molecule has 0 atom stereocenters. The van der Waals surface area contributed by atoms with Gasteiger partial charge in [-0.2, -0.15) is 4.79 Å². The van der Waals surface area contributed by atoms with Crippen LogP contribution in [0.1, 0.15) is 117 Å². The quantitative estimate of drug-likeness (QED) is 0.120. The van der Waals surface area contributed by atoms with Crippen LogP contribution in [0.3, 0.4) is 0 Å². The fourth-order valence-corrected chi connectivity index (χ4v) is 2.92. The molecule has 154 valence electrons. The minimum Gasteiger partial charge on any atom is -0.432 e. The zero-order chi connectivity index (χ0) is 19.3. The number of carbonyl (C=O) groups is 2. The summed E-state index contributed by atoms with van der Waals surface area (Å²) < 4.78 is 4.77. The zero-order valence-electron chi connectivity index (χ0n) is 17.1. The van der Waals surface area contributed by atoms with E-state index in [0.29, 0.717) is 6.61 Å². The Labute approximate surface area is 160 Å². The number of hydrogen-bond acceptors (Lipinski definition) is 5. The van der Waals surface area contributed by atoms with E-state index < -0.39 is 12.1 Å². The first-order chi connectivity index (χ1) is 12.7. The van der Waals surface area contributed by atoms with Crippen LogP contribution in [0.15, 0.2) is 0 Å². The lowest BCUT2D eigenvalue weighted by Gasteiger charge is -2.04. The molecule has 0 bridgehead atoms. The maximum atomic E-state index is 11.0. The molecule has 0 fully saturated rings. The molecule has 0 aromatic rings. The van der Waals surface area contributed by atoms with Gasteiger partial charge in [0.1, 0.15) is 0 Å². The van der Waals surface area contributed by atoms with Crippen molar-refractivity contribution < 1.29 is 24.1 Å². The summed E-state index contributed by atoms with van der Waals surface area (Å²) in [6, 6.07) is 0. The average Bonchev–Trinajstić information content (AvgIpc) is 2.62. The Hall–Kier alpha value is -1.26. The van der Waals surface area contributed by atoms with E-state index in [1.807, 2.05) is 0 Å². The van der Waals surface area contributed by atoms with E-state index >= 15 is 0 Å². The molecular formula is C21H40O5. The van der Waals surface area contributed by atoms with Gasteiger partial charge in [0, 0.05) is 6.92 Å². The molecule has 0 spiro atoms. The van der Waals surface area contributed by atoms with Crippen molar-refractivity contribution in [3.05, 3.63) is 0 Å². The predicted molar refractivity (Wildman–Crippen MR) is 104 cm³/mol. The third kappa shape index (κ3) is 20.8. The van der Waals surface area contributed by atoms with Crippen molar-refractivity contribution in [1.82, 2.24) is 0 Å². The van der Waals surface area contributed by atoms with Crippen LogP contribution in [0.4, 0.5) is 4.79 Å². The molecule has 0 aromatic carbocycles. The molecule has 0 saturated heterocycles. The van der Waals surface area contributed by atoms with Crippen molar-refractivity contribution in [3.8, 4) is 0 Å². The fraction of sp³-hybridized carbons (Fsp3) is 0.905. The molecule has 0 aliphatic heterocycles. The van der Waals surface area contributed by atoms with Gasteiger partial charge in [0.05, 0.1) is 6.61 Å². The van der Waals surface area contributed by atoms with E-state index in [4.69, 9.17) is 4.74 Å². The second-order valence-electron chi connectivity index (χ2n) is 7.06. The van der Waals surface area contributed by atoms with Crippen molar-refractivity contribution in [3.63, 3.8) is 0 Å². The van der Waals surface area contributed by atoms with Crippen molar-refractivity contribution in [2.24, 2.45) is 0 Å². The molecule has 0 unspecified atom stereocenters. The van der Waals surface area contributed by atoms with Crippen LogP contribution >= 0.6 is 0 Å². The first-order valence-electron chi connectivity index (χ1n) is 10.7. The van der Waals surface area contributed by atoms with Crippen LogP contribution < -0.4 is 0 Å². The minimum atomic E-state index is -0.957. The van der Waals surface area contributed by atoms with Gasteiger partial charge in [0.25, 0.3) is 0 Å². The Morgan fingerprint density at radius 1 is 0.577 bits per heavy atom. The van der Waals surface area contributed by atoms with E-state index in [0.717, 1.165) is 19.8 Å². The largest absolute Gasteiger partial charge is 0.549 e. The molecule has 0 rings (SSSR count). The molecule has 0 N–H and O–H groups in total. The van der Waals surface area contributed by atoms with Gasteiger partial charge in [-0.15, -0.1) is 0 Å². The summed E-state index contributed by atoms with van der Waals surface area (Å²) in [5.41, 5.74) is 0. The van der Waals surface area contributed by atoms with Gasteiger partial charge in [-0.05, 0) is 6.42 Å². The normalized spacial score (nSPS) is 10.5. The Balaban J connectivity index is 3.09. The van der Waals surface area contributed by atoms with Gasteiger partial charge >= 0.3 is 12.1 Å². The number of rotatable bonds is 17. The van der Waals surface area contributed by atoms with Gasteiger partial charge in [0.2, 0.25) is 0 Å². The lowest BCUT2D eigenvalue weighted by atomic mass is 10.0. The SMILES string of the molecule is CCCCCCCCCCCCCCCCCCOC(=O)OOC(C)=O. The molecule has 0 aliphatic carbocycles. The summed E-state index contributed by atoms with van der Waals surface area (Å²) in [6.45, 7) is 3.73. The highest BCUT2D eigenvalue weighted by atomic mass is 17.2. The maximum absolute atomic E-state index is 11.0. The van der Waals surface area contributed by atoms with E-state index in [1.54, 1.807) is 0 Å². The number of unbranched alkanes of at least 4 members (excludes halogenated alkanes) is 15. The summed E-state index contributed by atoms with van der Waals surface area (Å²) in [5.74, 6) is -0.677. The van der Waals surface area contributed by atoms with Gasteiger partial charge in [0.15, 0.2) is 0 Å². The smallest absolute Gasteiger partial charge is 0.432 e. The van der Waals surface area contributed by atoms with Crippen molar-refractivity contribution >= 4 is 12.1 Å². The average molecular weight is 373 g/mol. The second kappa shape index (κ2) is 20.1. The maximum Gasteiger partial charge on any atom is 0.549 e. The highest BCUT2D eigenvalue weighted by Crippen LogP contribution is 2.13. The number of ether oxygens (including phenoxy) is 1. The molecule has 0 radical (unpaired) electrons. The standard InChI is InChI=1S/C21H40O5/c1-3-4-5-6-7-8-9-10-11-12-13-14-15-16-17-18-19-24-21(23)26-25-20(2)22/h3-19H2,1-2H3. The summed E-state index contributed by atoms with van der Waals surface area (Å²) in [6.07, 6.45) is 19.9. The van der Waals surface area contributed by atoms with Crippen LogP contribution in [0.2, 0.25) is 0 Å². The van der Waals surface area contributed by atoms with Gasteiger partial charge in [-0.1, -0.05) is 103 Å². The molecule has 5 nitrogen and oxygen atoms in total. The zero-order valence-corrected chi connectivity index (χ0v) is 17.1. The second-order valence-corrected chi connectivity index (χ2v) is 7.06. The monoisotopic (exact) mass is 372 g/mol. The van der Waals surface area contributed by atoms with Crippen molar-refractivity contribution in [2.75, 3.05) is 6.61 Å². The van der Waals surface area contributed by atoms with Crippen LogP contribution in [0.5, 0.6) is 0 Å². The van der Waals surface area contributed by atoms with Crippen molar-refractivity contribution in [2.45, 2.75) is 117 Å². The molecule has 0 saturated carbocycles. The molecule has 0 aromatic heterocycles. The van der Waals surface area contributed by atoms with E-state index in [2.05, 4.69) is 16.7 Å². The van der Waals surface area contributed by atoms with Crippen LogP contribution in [0.25, 0.3) is 0 Å². The molecule has 0 aliphatic rings. The number of hydrogen-bond donors (Lipinski definition) is 0. The predicted octanol–water partition coefficient (Wildman–Crippen LogP) is 6.88. The highest BCUT2D eigenvalue weighted by Gasteiger charge is 2.06. The van der Waals surface area contributed by atoms with Gasteiger partial charge < -0.3 is 4.74 Å². The van der Waals surface area contributed by atoms with E-state index in [-0.39, 0.29) is 0 Å². The van der Waals surface area contributed by atoms with E-state index in [9.17, 15) is 9.59 Å². The fourth-order valence-electron chi connectivity index (χ4n) is 2.92. The summed E-state index contributed by atoms with van der Waals surface area (Å²) in [7, 11) is 0. The summed E-state index contributed by atoms with van der Waals surface area (Å²) in [5, 5.41) is 0. The highest BCUT2D eigenvalue weighted by molar-refractivity contribution is 5.67. The molecule has 0 heterocycles. The minimum absolute atomic E-state index is 0.304. The van der Waals surface area contributed by atoms with E-state index in [1.165, 1.54) is 89.9 Å². The Morgan fingerprint density at radius 3 is 1.35 bits per heavy atom. The topological polar surface area (TPSA) is 61.8 Å². The molecule has 26 heavy (non-hydrogen) atoms. The first kappa shape index (κ1) is 24.7. The number of carbonyl (C=O) groups excluding carboxylic acids is 2. The van der Waals surface area contributed by atoms with Gasteiger partial charge in [-0.25, -0.2) is 14.6 Å².